The molecule has 0 aromatic heterocycles. The van der Waals surface area contributed by atoms with Gasteiger partial charge >= 0.3 is 0 Å². The first kappa shape index (κ1) is 26.8. The average molecular weight is 500 g/mol. The van der Waals surface area contributed by atoms with Crippen LogP contribution in [0.1, 0.15) is 25.0 Å². The molecule has 0 heterocycles. The van der Waals surface area contributed by atoms with Gasteiger partial charge in [-0.05, 0) is 80.9 Å². The molecule has 8 heteroatoms. The summed E-state index contributed by atoms with van der Waals surface area (Å²) < 4.78 is 16.7. The normalized spacial score (nSPS) is 10.7. The fourth-order valence-corrected chi connectivity index (χ4v) is 3.29. The molecule has 3 rings (SSSR count). The Kier molecular flexibility index (Phi) is 9.68. The lowest BCUT2D eigenvalue weighted by Crippen LogP contribution is -2.20. The van der Waals surface area contributed by atoms with Crippen LogP contribution >= 0.6 is 0 Å². The van der Waals surface area contributed by atoms with Crippen molar-refractivity contribution < 1.29 is 23.8 Å². The van der Waals surface area contributed by atoms with Gasteiger partial charge in [0.1, 0.15) is 17.4 Å². The lowest BCUT2D eigenvalue weighted by molar-refractivity contribution is -0.118. The molecule has 0 aliphatic heterocycles. The summed E-state index contributed by atoms with van der Waals surface area (Å²) in [6, 6.07) is 21.2. The third kappa shape index (κ3) is 8.15. The number of carbonyl (C=O) groups is 2. The van der Waals surface area contributed by atoms with Crippen LogP contribution in [0.15, 0.2) is 72.3 Å². The largest absolute Gasteiger partial charge is 0.494 e. The Morgan fingerprint density at radius 3 is 2.14 bits per heavy atom. The van der Waals surface area contributed by atoms with Crippen molar-refractivity contribution in [2.24, 2.45) is 0 Å². The predicted octanol–water partition coefficient (Wildman–Crippen LogP) is 5.36. The number of rotatable bonds is 11. The first-order valence-corrected chi connectivity index (χ1v) is 11.8. The third-order valence-corrected chi connectivity index (χ3v) is 5.06. The molecule has 3 aromatic carbocycles. The van der Waals surface area contributed by atoms with Gasteiger partial charge in [-0.15, -0.1) is 0 Å². The van der Waals surface area contributed by atoms with Gasteiger partial charge in [0.15, 0.2) is 18.1 Å². The predicted molar refractivity (Wildman–Crippen MR) is 143 cm³/mol. The molecule has 0 fully saturated rings. The van der Waals surface area contributed by atoms with Crippen LogP contribution in [0.25, 0.3) is 6.08 Å². The Bertz CT molecular complexity index is 1290. The average Bonchev–Trinajstić information content (AvgIpc) is 2.89. The molecule has 0 atom stereocenters. The molecule has 0 saturated carbocycles. The van der Waals surface area contributed by atoms with Crippen LogP contribution < -0.4 is 24.8 Å². The number of nitriles is 1. The minimum absolute atomic E-state index is 0.0810. The van der Waals surface area contributed by atoms with E-state index in [1.165, 1.54) is 6.08 Å². The Labute approximate surface area is 216 Å². The number of hydrogen-bond acceptors (Lipinski definition) is 6. The maximum absolute atomic E-state index is 12.6. The summed E-state index contributed by atoms with van der Waals surface area (Å²) in [5.41, 5.74) is 2.80. The monoisotopic (exact) mass is 499 g/mol. The van der Waals surface area contributed by atoms with Gasteiger partial charge in [-0.1, -0.05) is 23.8 Å². The number of carbonyl (C=O) groups excluding carboxylic acids is 2. The number of nitrogens with one attached hydrogen (secondary N) is 2. The van der Waals surface area contributed by atoms with Crippen LogP contribution in [0.4, 0.5) is 11.4 Å². The van der Waals surface area contributed by atoms with Crippen molar-refractivity contribution in [3.05, 3.63) is 83.4 Å². The van der Waals surface area contributed by atoms with Gasteiger partial charge in [0.2, 0.25) is 0 Å². The van der Waals surface area contributed by atoms with E-state index >= 15 is 0 Å². The zero-order valence-corrected chi connectivity index (χ0v) is 21.0. The van der Waals surface area contributed by atoms with E-state index < -0.39 is 5.91 Å². The number of ether oxygens (including phenoxy) is 3. The van der Waals surface area contributed by atoms with E-state index in [0.29, 0.717) is 47.4 Å². The van der Waals surface area contributed by atoms with Gasteiger partial charge in [-0.2, -0.15) is 5.26 Å². The molecule has 0 radical (unpaired) electrons. The Morgan fingerprint density at radius 2 is 1.49 bits per heavy atom. The van der Waals surface area contributed by atoms with Gasteiger partial charge in [-0.25, -0.2) is 0 Å². The molecule has 2 N–H and O–H groups in total. The Balaban J connectivity index is 1.68. The quantitative estimate of drug-likeness (QED) is 0.272. The fourth-order valence-electron chi connectivity index (χ4n) is 3.29. The van der Waals surface area contributed by atoms with E-state index in [2.05, 4.69) is 10.6 Å². The summed E-state index contributed by atoms with van der Waals surface area (Å²) in [4.78, 5) is 24.9. The number of amides is 2. The molecule has 0 saturated heterocycles. The summed E-state index contributed by atoms with van der Waals surface area (Å²) in [6.45, 7) is 6.37. The topological polar surface area (TPSA) is 110 Å². The second-order valence-electron chi connectivity index (χ2n) is 7.92. The van der Waals surface area contributed by atoms with Crippen molar-refractivity contribution >= 4 is 29.3 Å². The van der Waals surface area contributed by atoms with Crippen molar-refractivity contribution in [3.8, 4) is 23.3 Å². The second kappa shape index (κ2) is 13.4. The standard InChI is InChI=1S/C29H29N3O5/c1-4-35-25-13-11-24(12-14-25)32-29(34)22(18-30)16-21-8-15-26(27(17-21)36-5-2)37-19-28(33)31-23-9-6-20(3)7-10-23/h6-17H,4-5,19H2,1-3H3,(H,31,33)(H,32,34)/b22-16+. The molecule has 0 unspecified atom stereocenters. The van der Waals surface area contributed by atoms with Crippen molar-refractivity contribution in [2.75, 3.05) is 30.5 Å². The van der Waals surface area contributed by atoms with Crippen LogP contribution in [0.2, 0.25) is 0 Å². The first-order valence-electron chi connectivity index (χ1n) is 11.8. The van der Waals surface area contributed by atoms with Crippen LogP contribution in [0, 0.1) is 18.3 Å². The van der Waals surface area contributed by atoms with Gasteiger partial charge < -0.3 is 24.8 Å². The van der Waals surface area contributed by atoms with E-state index in [1.807, 2.05) is 51.1 Å². The van der Waals surface area contributed by atoms with Crippen LogP contribution in [-0.2, 0) is 9.59 Å². The minimum Gasteiger partial charge on any atom is -0.494 e. The molecule has 190 valence electrons. The van der Waals surface area contributed by atoms with Gasteiger partial charge in [0.05, 0.1) is 13.2 Å². The van der Waals surface area contributed by atoms with Crippen molar-refractivity contribution in [2.45, 2.75) is 20.8 Å². The summed E-state index contributed by atoms with van der Waals surface area (Å²) in [5.74, 6) is 0.597. The smallest absolute Gasteiger partial charge is 0.266 e. The van der Waals surface area contributed by atoms with E-state index in [0.717, 1.165) is 5.56 Å². The highest BCUT2D eigenvalue weighted by molar-refractivity contribution is 6.09. The maximum Gasteiger partial charge on any atom is 0.266 e. The fraction of sp³-hybridized carbons (Fsp3) is 0.207. The SMILES string of the molecule is CCOc1ccc(NC(=O)/C(C#N)=C/c2ccc(OCC(=O)Nc3ccc(C)cc3)c(OCC)c2)cc1. The van der Waals surface area contributed by atoms with E-state index in [1.54, 1.807) is 42.5 Å². The zero-order valence-electron chi connectivity index (χ0n) is 21.0. The van der Waals surface area contributed by atoms with Crippen LogP contribution in [0.5, 0.6) is 17.2 Å². The highest BCUT2D eigenvalue weighted by Crippen LogP contribution is 2.29. The van der Waals surface area contributed by atoms with Crippen LogP contribution in [-0.4, -0.2) is 31.6 Å². The summed E-state index contributed by atoms with van der Waals surface area (Å²) in [7, 11) is 0. The molecule has 0 bridgehead atoms. The van der Waals surface area contributed by atoms with Gasteiger partial charge in [0, 0.05) is 11.4 Å². The van der Waals surface area contributed by atoms with Gasteiger partial charge in [-0.3, -0.25) is 9.59 Å². The van der Waals surface area contributed by atoms with Gasteiger partial charge in [0.25, 0.3) is 11.8 Å². The molecule has 2 amide bonds. The number of nitrogens with zero attached hydrogens (tertiary/aromatic N) is 1. The summed E-state index contributed by atoms with van der Waals surface area (Å²) >= 11 is 0. The van der Waals surface area contributed by atoms with Crippen molar-refractivity contribution in [1.82, 2.24) is 0 Å². The molecule has 8 nitrogen and oxygen atoms in total. The highest BCUT2D eigenvalue weighted by atomic mass is 16.5. The molecule has 3 aromatic rings. The number of anilines is 2. The van der Waals surface area contributed by atoms with Crippen molar-refractivity contribution in [1.29, 1.82) is 5.26 Å². The number of hydrogen-bond donors (Lipinski definition) is 2. The third-order valence-electron chi connectivity index (χ3n) is 5.06. The Morgan fingerprint density at radius 1 is 0.838 bits per heavy atom. The number of benzene rings is 3. The Hall–Kier alpha value is -4.77. The summed E-state index contributed by atoms with van der Waals surface area (Å²) in [6.07, 6.45) is 1.46. The lowest BCUT2D eigenvalue weighted by Gasteiger charge is -2.13. The summed E-state index contributed by atoms with van der Waals surface area (Å²) in [5, 5.41) is 15.0. The highest BCUT2D eigenvalue weighted by Gasteiger charge is 2.13. The van der Waals surface area contributed by atoms with E-state index in [-0.39, 0.29) is 18.1 Å². The molecule has 0 spiro atoms. The minimum atomic E-state index is -0.544. The first-order chi connectivity index (χ1) is 17.9. The molecular weight excluding hydrogens is 470 g/mol. The van der Waals surface area contributed by atoms with Crippen LogP contribution in [0.3, 0.4) is 0 Å². The number of aryl methyl sites for hydroxylation is 1. The maximum atomic E-state index is 12.6. The zero-order chi connectivity index (χ0) is 26.6. The lowest BCUT2D eigenvalue weighted by atomic mass is 10.1. The second-order valence-corrected chi connectivity index (χ2v) is 7.92. The molecule has 37 heavy (non-hydrogen) atoms. The molecular formula is C29H29N3O5. The molecule has 0 aliphatic rings. The van der Waals surface area contributed by atoms with E-state index in [9.17, 15) is 14.9 Å². The van der Waals surface area contributed by atoms with Crippen molar-refractivity contribution in [3.63, 3.8) is 0 Å². The van der Waals surface area contributed by atoms with E-state index in [4.69, 9.17) is 14.2 Å². The molecule has 0 aliphatic carbocycles.